The van der Waals surface area contributed by atoms with Crippen LogP contribution in [0.15, 0.2) is 24.3 Å². The SMILES string of the molecule is COC(=O)NC1CCN(CCOc2ccccc2CN)C1. The van der Waals surface area contributed by atoms with Crippen molar-refractivity contribution < 1.29 is 14.3 Å². The summed E-state index contributed by atoms with van der Waals surface area (Å²) in [5, 5.41) is 2.82. The van der Waals surface area contributed by atoms with Gasteiger partial charge in [0.25, 0.3) is 0 Å². The quantitative estimate of drug-likeness (QED) is 0.817. The smallest absolute Gasteiger partial charge is 0.407 e. The van der Waals surface area contributed by atoms with Gasteiger partial charge in [-0.15, -0.1) is 0 Å². The number of carbonyl (C=O) groups is 1. The highest BCUT2D eigenvalue weighted by Crippen LogP contribution is 2.17. The second-order valence-electron chi connectivity index (χ2n) is 5.08. The van der Waals surface area contributed by atoms with Crippen molar-refractivity contribution in [3.8, 4) is 5.75 Å². The molecule has 1 heterocycles. The van der Waals surface area contributed by atoms with E-state index in [1.54, 1.807) is 0 Å². The average Bonchev–Trinajstić information content (AvgIpc) is 2.95. The van der Waals surface area contributed by atoms with Crippen LogP contribution in [-0.4, -0.2) is 50.4 Å². The maximum absolute atomic E-state index is 11.2. The molecule has 0 radical (unpaired) electrons. The summed E-state index contributed by atoms with van der Waals surface area (Å²) in [6, 6.07) is 7.97. The molecule has 6 nitrogen and oxygen atoms in total. The Balaban J connectivity index is 1.71. The highest BCUT2D eigenvalue weighted by molar-refractivity contribution is 5.67. The standard InChI is InChI=1S/C15H23N3O3/c1-20-15(19)17-13-6-7-18(11-13)8-9-21-14-5-3-2-4-12(14)10-16/h2-5,13H,6-11,16H2,1H3,(H,17,19). The van der Waals surface area contributed by atoms with E-state index >= 15 is 0 Å². The number of nitrogens with zero attached hydrogens (tertiary/aromatic N) is 1. The van der Waals surface area contributed by atoms with E-state index < -0.39 is 0 Å². The van der Waals surface area contributed by atoms with Gasteiger partial charge in [-0.3, -0.25) is 4.90 Å². The normalized spacial score (nSPS) is 18.5. The van der Waals surface area contributed by atoms with Crippen LogP contribution in [0.3, 0.4) is 0 Å². The molecule has 3 N–H and O–H groups in total. The van der Waals surface area contributed by atoms with Crippen LogP contribution in [0.5, 0.6) is 5.75 Å². The van der Waals surface area contributed by atoms with E-state index in [2.05, 4.69) is 15.0 Å². The zero-order chi connectivity index (χ0) is 15.1. The number of rotatable bonds is 6. The lowest BCUT2D eigenvalue weighted by molar-refractivity contribution is 0.166. The molecule has 1 unspecified atom stereocenters. The number of amides is 1. The summed E-state index contributed by atoms with van der Waals surface area (Å²) in [4.78, 5) is 13.4. The van der Waals surface area contributed by atoms with Crippen molar-refractivity contribution in [2.75, 3.05) is 33.4 Å². The molecule has 0 bridgehead atoms. The van der Waals surface area contributed by atoms with Crippen molar-refractivity contribution in [3.05, 3.63) is 29.8 Å². The highest BCUT2D eigenvalue weighted by atomic mass is 16.5. The molecule has 1 aromatic carbocycles. The molecule has 0 aliphatic carbocycles. The zero-order valence-electron chi connectivity index (χ0n) is 12.4. The first kappa shape index (κ1) is 15.6. The van der Waals surface area contributed by atoms with Crippen LogP contribution >= 0.6 is 0 Å². The molecule has 1 atom stereocenters. The van der Waals surface area contributed by atoms with Gasteiger partial charge < -0.3 is 20.5 Å². The third-order valence-electron chi connectivity index (χ3n) is 3.64. The largest absolute Gasteiger partial charge is 0.492 e. The number of alkyl carbamates (subject to hydrolysis) is 1. The van der Waals surface area contributed by atoms with Crippen LogP contribution in [0, 0.1) is 0 Å². The molecular formula is C15H23N3O3. The Labute approximate surface area is 125 Å². The number of ether oxygens (including phenoxy) is 2. The average molecular weight is 293 g/mol. The predicted octanol–water partition coefficient (Wildman–Crippen LogP) is 0.954. The number of nitrogens with one attached hydrogen (secondary N) is 1. The fourth-order valence-electron chi connectivity index (χ4n) is 2.48. The third-order valence-corrected chi connectivity index (χ3v) is 3.64. The van der Waals surface area contributed by atoms with Gasteiger partial charge in [0.2, 0.25) is 0 Å². The van der Waals surface area contributed by atoms with Crippen molar-refractivity contribution in [3.63, 3.8) is 0 Å². The minimum Gasteiger partial charge on any atom is -0.492 e. The third kappa shape index (κ3) is 4.61. The van der Waals surface area contributed by atoms with Crippen molar-refractivity contribution in [2.45, 2.75) is 19.0 Å². The highest BCUT2D eigenvalue weighted by Gasteiger charge is 2.23. The minimum absolute atomic E-state index is 0.161. The molecule has 1 fully saturated rings. The zero-order valence-corrected chi connectivity index (χ0v) is 12.4. The number of para-hydroxylation sites is 1. The van der Waals surface area contributed by atoms with Gasteiger partial charge in [0.15, 0.2) is 0 Å². The Morgan fingerprint density at radius 1 is 1.48 bits per heavy atom. The first-order valence-electron chi connectivity index (χ1n) is 7.20. The number of nitrogens with two attached hydrogens (primary N) is 1. The van der Waals surface area contributed by atoms with Gasteiger partial charge >= 0.3 is 6.09 Å². The van der Waals surface area contributed by atoms with Crippen molar-refractivity contribution in [1.82, 2.24) is 10.2 Å². The van der Waals surface area contributed by atoms with Crippen molar-refractivity contribution in [1.29, 1.82) is 0 Å². The lowest BCUT2D eigenvalue weighted by Gasteiger charge is -2.17. The number of likely N-dealkylation sites (tertiary alicyclic amines) is 1. The number of carbonyl (C=O) groups excluding carboxylic acids is 1. The number of hydrogen-bond acceptors (Lipinski definition) is 5. The van der Waals surface area contributed by atoms with Gasteiger partial charge in [-0.25, -0.2) is 4.79 Å². The molecule has 0 saturated carbocycles. The minimum atomic E-state index is -0.366. The van der Waals surface area contributed by atoms with E-state index in [4.69, 9.17) is 10.5 Å². The topological polar surface area (TPSA) is 76.8 Å². The first-order valence-corrected chi connectivity index (χ1v) is 7.20. The van der Waals surface area contributed by atoms with E-state index in [9.17, 15) is 4.79 Å². The molecule has 1 saturated heterocycles. The summed E-state index contributed by atoms with van der Waals surface area (Å²) >= 11 is 0. The second kappa shape index (κ2) is 7.85. The molecule has 116 valence electrons. The molecule has 1 amide bonds. The molecule has 1 aliphatic heterocycles. The van der Waals surface area contributed by atoms with Crippen LogP contribution in [0.4, 0.5) is 4.79 Å². The lowest BCUT2D eigenvalue weighted by Crippen LogP contribution is -2.37. The fraction of sp³-hybridized carbons (Fsp3) is 0.533. The summed E-state index contributed by atoms with van der Waals surface area (Å²) in [5.41, 5.74) is 6.70. The van der Waals surface area contributed by atoms with Crippen LogP contribution < -0.4 is 15.8 Å². The van der Waals surface area contributed by atoms with Gasteiger partial charge in [-0.1, -0.05) is 18.2 Å². The molecule has 2 rings (SSSR count). The summed E-state index contributed by atoms with van der Waals surface area (Å²) < 4.78 is 10.4. The number of benzene rings is 1. The van der Waals surface area contributed by atoms with E-state index in [1.807, 2.05) is 24.3 Å². The first-order chi connectivity index (χ1) is 10.2. The monoisotopic (exact) mass is 293 g/mol. The Morgan fingerprint density at radius 2 is 2.29 bits per heavy atom. The van der Waals surface area contributed by atoms with Gasteiger partial charge in [-0.05, 0) is 12.5 Å². The van der Waals surface area contributed by atoms with E-state index in [1.165, 1.54) is 7.11 Å². The van der Waals surface area contributed by atoms with Crippen LogP contribution in [0.2, 0.25) is 0 Å². The van der Waals surface area contributed by atoms with Gasteiger partial charge in [-0.2, -0.15) is 0 Å². The number of hydrogen-bond donors (Lipinski definition) is 2. The second-order valence-corrected chi connectivity index (χ2v) is 5.08. The molecule has 0 aromatic heterocycles. The Bertz CT molecular complexity index is 467. The summed E-state index contributed by atoms with van der Waals surface area (Å²) in [5.74, 6) is 0.850. The molecule has 21 heavy (non-hydrogen) atoms. The maximum Gasteiger partial charge on any atom is 0.407 e. The van der Waals surface area contributed by atoms with Crippen molar-refractivity contribution >= 4 is 6.09 Å². The Kier molecular flexibility index (Phi) is 5.83. The van der Waals surface area contributed by atoms with E-state index in [0.29, 0.717) is 13.2 Å². The van der Waals surface area contributed by atoms with Gasteiger partial charge in [0.1, 0.15) is 12.4 Å². The fourth-order valence-corrected chi connectivity index (χ4v) is 2.48. The number of methoxy groups -OCH3 is 1. The molecule has 1 aliphatic rings. The maximum atomic E-state index is 11.2. The lowest BCUT2D eigenvalue weighted by atomic mass is 10.2. The summed E-state index contributed by atoms with van der Waals surface area (Å²) in [6.45, 7) is 3.71. The molecule has 1 aromatic rings. The van der Waals surface area contributed by atoms with Crippen LogP contribution in [0.1, 0.15) is 12.0 Å². The van der Waals surface area contributed by atoms with E-state index in [0.717, 1.165) is 37.4 Å². The molecule has 6 heteroatoms. The van der Waals surface area contributed by atoms with Crippen LogP contribution in [-0.2, 0) is 11.3 Å². The molecule has 0 spiro atoms. The molecular weight excluding hydrogens is 270 g/mol. The van der Waals surface area contributed by atoms with Crippen LogP contribution in [0.25, 0.3) is 0 Å². The van der Waals surface area contributed by atoms with Gasteiger partial charge in [0.05, 0.1) is 7.11 Å². The summed E-state index contributed by atoms with van der Waals surface area (Å²) in [6.07, 6.45) is 0.573. The Morgan fingerprint density at radius 3 is 3.05 bits per heavy atom. The van der Waals surface area contributed by atoms with E-state index in [-0.39, 0.29) is 12.1 Å². The Hall–Kier alpha value is -1.79. The van der Waals surface area contributed by atoms with Gasteiger partial charge in [0, 0.05) is 37.8 Å². The summed E-state index contributed by atoms with van der Waals surface area (Å²) in [7, 11) is 1.38. The predicted molar refractivity (Wildman–Crippen MR) is 80.2 cm³/mol. The van der Waals surface area contributed by atoms with Crippen molar-refractivity contribution in [2.24, 2.45) is 5.73 Å².